The maximum absolute atomic E-state index is 10.9. The molecule has 0 aromatic heterocycles. The van der Waals surface area contributed by atoms with Gasteiger partial charge < -0.3 is 9.68 Å². The summed E-state index contributed by atoms with van der Waals surface area (Å²) >= 11 is 6.63. The third-order valence-electron chi connectivity index (χ3n) is 5.77. The molecule has 2 nitrogen and oxygen atoms in total. The Balaban J connectivity index is 2.91. The molecule has 0 spiro atoms. The average molecular weight is 411 g/mol. The molecule has 0 aliphatic carbocycles. The van der Waals surface area contributed by atoms with Gasteiger partial charge in [0.2, 0.25) is 0 Å². The predicted molar refractivity (Wildman–Crippen MR) is 131 cm³/mol. The Morgan fingerprint density at radius 1 is 1.07 bits per heavy atom. The summed E-state index contributed by atoms with van der Waals surface area (Å²) in [5.74, 6) is 0.242. The second kappa shape index (κ2) is 9.34. The first-order chi connectivity index (χ1) is 13.6. The maximum atomic E-state index is 10.9. The summed E-state index contributed by atoms with van der Waals surface area (Å²) in [5, 5.41) is 15.7. The van der Waals surface area contributed by atoms with Gasteiger partial charge in [0.05, 0.1) is 5.60 Å². The highest BCUT2D eigenvalue weighted by atomic mass is 35.5. The van der Waals surface area contributed by atoms with E-state index in [4.69, 9.17) is 16.3 Å². The Labute approximate surface area is 180 Å². The van der Waals surface area contributed by atoms with Gasteiger partial charge in [-0.05, 0) is 78.9 Å². The largest absolute Gasteiger partial charge is 0.493 e. The first-order valence-corrected chi connectivity index (χ1v) is 10.5. The van der Waals surface area contributed by atoms with E-state index in [0.29, 0.717) is 10.5 Å². The molecular formula is C25H32BClO2. The first kappa shape index (κ1) is 23.5. The molecule has 154 valence electrons. The van der Waals surface area contributed by atoms with Crippen LogP contribution in [0.2, 0.25) is 5.02 Å². The lowest BCUT2D eigenvalue weighted by Crippen LogP contribution is -2.45. The van der Waals surface area contributed by atoms with Crippen LogP contribution in [0.25, 0.3) is 35.1 Å². The second-order valence-corrected chi connectivity index (χ2v) is 8.49. The summed E-state index contributed by atoms with van der Waals surface area (Å²) in [5.41, 5.74) is 2.21. The van der Waals surface area contributed by atoms with E-state index in [0.717, 1.165) is 32.3 Å². The van der Waals surface area contributed by atoms with Crippen molar-refractivity contribution >= 4 is 59.3 Å². The Bertz CT molecular complexity index is 1060. The number of hydrogen-bond acceptors (Lipinski definition) is 2. The average Bonchev–Trinajstić information content (AvgIpc) is 2.66. The van der Waals surface area contributed by atoms with E-state index in [-0.39, 0.29) is 5.92 Å². The van der Waals surface area contributed by atoms with Gasteiger partial charge in [-0.1, -0.05) is 68.5 Å². The van der Waals surface area contributed by atoms with Crippen LogP contribution in [-0.4, -0.2) is 17.7 Å². The minimum atomic E-state index is -1.11. The van der Waals surface area contributed by atoms with E-state index in [9.17, 15) is 5.02 Å². The molecule has 0 aliphatic rings. The highest BCUT2D eigenvalue weighted by Gasteiger charge is 2.32. The first-order valence-electron chi connectivity index (χ1n) is 10.2. The Morgan fingerprint density at radius 3 is 2.17 bits per heavy atom. The van der Waals surface area contributed by atoms with Crippen LogP contribution >= 0.6 is 11.6 Å². The molecule has 2 aromatic rings. The fourth-order valence-electron chi connectivity index (χ4n) is 3.48. The van der Waals surface area contributed by atoms with Gasteiger partial charge in [0.1, 0.15) is 0 Å². The van der Waals surface area contributed by atoms with E-state index < -0.39 is 12.7 Å². The molecule has 4 heteroatoms. The number of fused-ring (bicyclic) bond motifs is 1. The standard InChI is InChI=1S/C25H32BClO2/c1-9-13-20-18(11-3)17(10-2)19(12-4)22-15-24(27)23(14-21(20)22)26(28)29-25(7,8)16(5)6/h9-16,28H,3H2,1-2,4-8H3/b13-9-,17-10-,19-12+. The van der Waals surface area contributed by atoms with Crippen LogP contribution in [0.4, 0.5) is 0 Å². The van der Waals surface area contributed by atoms with Gasteiger partial charge in [0.15, 0.2) is 0 Å². The quantitative estimate of drug-likeness (QED) is 0.686. The summed E-state index contributed by atoms with van der Waals surface area (Å²) in [6.45, 7) is 18.2. The Hall–Kier alpha value is -1.81. The number of allylic oxidation sites excluding steroid dienone is 1. The van der Waals surface area contributed by atoms with Crippen molar-refractivity contribution in [1.82, 2.24) is 0 Å². The van der Waals surface area contributed by atoms with Crippen LogP contribution in [0.1, 0.15) is 59.6 Å². The van der Waals surface area contributed by atoms with Crippen molar-refractivity contribution in [3.05, 3.63) is 51.4 Å². The molecule has 0 saturated carbocycles. The molecular weight excluding hydrogens is 379 g/mol. The molecule has 0 amide bonds. The Morgan fingerprint density at radius 2 is 1.69 bits per heavy atom. The van der Waals surface area contributed by atoms with Crippen molar-refractivity contribution in [2.45, 2.75) is 54.1 Å². The lowest BCUT2D eigenvalue weighted by molar-refractivity contribution is 0.0424. The molecule has 0 bridgehead atoms. The van der Waals surface area contributed by atoms with Crippen molar-refractivity contribution in [1.29, 1.82) is 0 Å². The summed E-state index contributed by atoms with van der Waals surface area (Å²) in [6.07, 6.45) is 10.2. The zero-order valence-electron chi connectivity index (χ0n) is 18.6. The highest BCUT2D eigenvalue weighted by Crippen LogP contribution is 2.25. The van der Waals surface area contributed by atoms with E-state index in [1.54, 1.807) is 0 Å². The van der Waals surface area contributed by atoms with Crippen molar-refractivity contribution < 1.29 is 9.68 Å². The normalized spacial score (nSPS) is 13.9. The highest BCUT2D eigenvalue weighted by molar-refractivity contribution is 6.64. The maximum Gasteiger partial charge on any atom is 0.493 e. The van der Waals surface area contributed by atoms with Gasteiger partial charge in [0, 0.05) is 10.5 Å². The molecule has 0 atom stereocenters. The second-order valence-electron chi connectivity index (χ2n) is 8.08. The van der Waals surface area contributed by atoms with Gasteiger partial charge in [-0.2, -0.15) is 0 Å². The summed E-state index contributed by atoms with van der Waals surface area (Å²) in [4.78, 5) is 0. The minimum absolute atomic E-state index is 0.242. The fraction of sp³-hybridized carbons (Fsp3) is 0.360. The number of halogens is 1. The fourth-order valence-corrected chi connectivity index (χ4v) is 3.74. The predicted octanol–water partition coefficient (Wildman–Crippen LogP) is 4.91. The molecule has 0 aliphatic heterocycles. The monoisotopic (exact) mass is 410 g/mol. The van der Waals surface area contributed by atoms with Crippen molar-refractivity contribution in [2.75, 3.05) is 0 Å². The summed E-state index contributed by atoms with van der Waals surface area (Å²) in [6, 6.07) is 3.89. The molecule has 2 rings (SSSR count). The summed E-state index contributed by atoms with van der Waals surface area (Å²) in [7, 11) is -1.11. The van der Waals surface area contributed by atoms with Gasteiger partial charge in [0.25, 0.3) is 0 Å². The van der Waals surface area contributed by atoms with Gasteiger partial charge >= 0.3 is 7.12 Å². The zero-order valence-corrected chi connectivity index (χ0v) is 19.4. The van der Waals surface area contributed by atoms with E-state index in [2.05, 4.69) is 38.7 Å². The van der Waals surface area contributed by atoms with Crippen molar-refractivity contribution in [2.24, 2.45) is 5.92 Å². The molecule has 0 saturated heterocycles. The van der Waals surface area contributed by atoms with Crippen LogP contribution in [-0.2, 0) is 4.65 Å². The van der Waals surface area contributed by atoms with Crippen LogP contribution in [0, 0.1) is 5.92 Å². The van der Waals surface area contributed by atoms with Crippen molar-refractivity contribution in [3.63, 3.8) is 0 Å². The van der Waals surface area contributed by atoms with Crippen LogP contribution < -0.4 is 15.9 Å². The SMILES string of the molecule is C=Cc1c(/C=C\C)c2cc(B(O)OC(C)(C)C(C)C)c(Cl)cc2c(=C/C)/c1=C\C. The molecule has 0 heterocycles. The minimum Gasteiger partial charge on any atom is -0.423 e. The third-order valence-corrected chi connectivity index (χ3v) is 6.10. The number of benzene rings is 2. The van der Waals surface area contributed by atoms with Gasteiger partial charge in [-0.3, -0.25) is 0 Å². The molecule has 0 unspecified atom stereocenters. The van der Waals surface area contributed by atoms with Crippen LogP contribution in [0.15, 0.2) is 24.8 Å². The van der Waals surface area contributed by atoms with Crippen LogP contribution in [0.3, 0.4) is 0 Å². The summed E-state index contributed by atoms with van der Waals surface area (Å²) < 4.78 is 5.99. The molecule has 29 heavy (non-hydrogen) atoms. The van der Waals surface area contributed by atoms with E-state index in [1.165, 1.54) is 0 Å². The van der Waals surface area contributed by atoms with Crippen molar-refractivity contribution in [3.8, 4) is 0 Å². The van der Waals surface area contributed by atoms with Crippen LogP contribution in [0.5, 0.6) is 0 Å². The number of hydrogen-bond donors (Lipinski definition) is 1. The van der Waals surface area contributed by atoms with Gasteiger partial charge in [-0.15, -0.1) is 0 Å². The lowest BCUT2D eigenvalue weighted by atomic mass is 9.75. The Kier molecular flexibility index (Phi) is 7.56. The lowest BCUT2D eigenvalue weighted by Gasteiger charge is -2.31. The molecule has 0 fully saturated rings. The molecule has 1 N–H and O–H groups in total. The van der Waals surface area contributed by atoms with Gasteiger partial charge in [-0.25, -0.2) is 0 Å². The smallest absolute Gasteiger partial charge is 0.423 e. The zero-order chi connectivity index (χ0) is 21.9. The number of rotatable bonds is 6. The molecule has 0 radical (unpaired) electrons. The van der Waals surface area contributed by atoms with E-state index >= 15 is 0 Å². The van der Waals surface area contributed by atoms with E-state index in [1.807, 2.05) is 58.9 Å². The molecule has 2 aromatic carbocycles. The topological polar surface area (TPSA) is 29.5 Å². The third kappa shape index (κ3) is 4.53.